The fourth-order valence-corrected chi connectivity index (χ4v) is 2.93. The van der Waals surface area contributed by atoms with Gasteiger partial charge < -0.3 is 10.6 Å². The Hall–Kier alpha value is -1.21. The number of nitro groups is 1. The Labute approximate surface area is 113 Å². The monoisotopic (exact) mass is 314 g/mol. The van der Waals surface area contributed by atoms with Crippen molar-refractivity contribution in [3.63, 3.8) is 0 Å². The van der Waals surface area contributed by atoms with Crippen molar-refractivity contribution in [3.05, 3.63) is 27.0 Å². The number of anilines is 1. The van der Waals surface area contributed by atoms with Crippen molar-refractivity contribution in [3.8, 4) is 0 Å². The first kappa shape index (κ1) is 13.2. The highest BCUT2D eigenvalue weighted by molar-refractivity contribution is 9.10. The molecule has 7 heteroatoms. The molecule has 1 aromatic rings. The molecule has 2 rings (SSSR count). The third-order valence-corrected chi connectivity index (χ3v) is 3.83. The van der Waals surface area contributed by atoms with Crippen molar-refractivity contribution in [2.45, 2.75) is 31.8 Å². The van der Waals surface area contributed by atoms with Crippen LogP contribution in [0.5, 0.6) is 0 Å². The molecule has 2 heterocycles. The minimum atomic E-state index is -0.394. The standard InChI is InChI=1S/C11H15BrN4O2/c1-7-4-8(13)2-3-15(7)11-9(12)5-14-6-10(11)16(17)18/h5-8H,2-4,13H2,1H3. The van der Waals surface area contributed by atoms with Crippen molar-refractivity contribution in [1.29, 1.82) is 0 Å². The first-order chi connectivity index (χ1) is 8.50. The number of halogens is 1. The summed E-state index contributed by atoms with van der Waals surface area (Å²) in [6.07, 6.45) is 4.56. The van der Waals surface area contributed by atoms with Crippen LogP contribution in [0.25, 0.3) is 0 Å². The number of nitrogens with two attached hydrogens (primary N) is 1. The molecule has 0 spiro atoms. The summed E-state index contributed by atoms with van der Waals surface area (Å²) in [5.41, 5.74) is 6.56. The minimum absolute atomic E-state index is 0.0340. The van der Waals surface area contributed by atoms with E-state index in [9.17, 15) is 10.1 Å². The summed E-state index contributed by atoms with van der Waals surface area (Å²) < 4.78 is 0.652. The molecule has 1 aliphatic heterocycles. The van der Waals surface area contributed by atoms with Crippen molar-refractivity contribution >= 4 is 27.3 Å². The van der Waals surface area contributed by atoms with E-state index in [0.29, 0.717) is 10.2 Å². The van der Waals surface area contributed by atoms with Gasteiger partial charge in [0.2, 0.25) is 0 Å². The van der Waals surface area contributed by atoms with E-state index in [-0.39, 0.29) is 17.8 Å². The lowest BCUT2D eigenvalue weighted by Gasteiger charge is -2.38. The zero-order chi connectivity index (χ0) is 13.3. The second-order valence-corrected chi connectivity index (χ2v) is 5.43. The van der Waals surface area contributed by atoms with E-state index in [4.69, 9.17) is 5.73 Å². The van der Waals surface area contributed by atoms with E-state index in [1.165, 1.54) is 6.20 Å². The molecule has 18 heavy (non-hydrogen) atoms. The number of rotatable bonds is 2. The number of nitrogens with zero attached hydrogens (tertiary/aromatic N) is 3. The summed E-state index contributed by atoms with van der Waals surface area (Å²) in [7, 11) is 0. The maximum atomic E-state index is 11.1. The number of hydrogen-bond donors (Lipinski definition) is 1. The topological polar surface area (TPSA) is 85.3 Å². The lowest BCUT2D eigenvalue weighted by Crippen LogP contribution is -2.46. The highest BCUT2D eigenvalue weighted by atomic mass is 79.9. The number of hydrogen-bond acceptors (Lipinski definition) is 5. The molecule has 2 atom stereocenters. The van der Waals surface area contributed by atoms with Crippen molar-refractivity contribution in [2.75, 3.05) is 11.4 Å². The van der Waals surface area contributed by atoms with Crippen LogP contribution in [0.15, 0.2) is 16.9 Å². The zero-order valence-corrected chi connectivity index (χ0v) is 11.6. The maximum Gasteiger partial charge on any atom is 0.311 e. The summed E-state index contributed by atoms with van der Waals surface area (Å²) in [5, 5.41) is 11.1. The SMILES string of the molecule is CC1CC(N)CCN1c1c(Br)cncc1[N+](=O)[O-]. The molecule has 2 unspecified atom stereocenters. The van der Waals surface area contributed by atoms with Crippen LogP contribution >= 0.6 is 15.9 Å². The summed E-state index contributed by atoms with van der Waals surface area (Å²) in [6, 6.07) is 0.363. The molecule has 1 aromatic heterocycles. The Kier molecular flexibility index (Phi) is 3.82. The summed E-state index contributed by atoms with van der Waals surface area (Å²) in [6.45, 7) is 2.77. The molecule has 0 saturated carbocycles. The quantitative estimate of drug-likeness (QED) is 0.667. The Morgan fingerprint density at radius 1 is 1.61 bits per heavy atom. The molecule has 1 fully saturated rings. The Balaban J connectivity index is 2.41. The second-order valence-electron chi connectivity index (χ2n) is 4.57. The van der Waals surface area contributed by atoms with E-state index >= 15 is 0 Å². The Bertz CT molecular complexity index is 468. The third-order valence-electron chi connectivity index (χ3n) is 3.25. The third kappa shape index (κ3) is 2.46. The van der Waals surface area contributed by atoms with Crippen LogP contribution in [0.3, 0.4) is 0 Å². The molecule has 0 amide bonds. The summed E-state index contributed by atoms with van der Waals surface area (Å²) in [5.74, 6) is 0. The number of aromatic nitrogens is 1. The van der Waals surface area contributed by atoms with Gasteiger partial charge in [0.15, 0.2) is 0 Å². The number of piperidine rings is 1. The van der Waals surface area contributed by atoms with E-state index in [1.54, 1.807) is 6.20 Å². The fraction of sp³-hybridized carbons (Fsp3) is 0.545. The molecular weight excluding hydrogens is 300 g/mol. The normalized spacial score (nSPS) is 24.1. The zero-order valence-electron chi connectivity index (χ0n) is 10.0. The summed E-state index contributed by atoms with van der Waals surface area (Å²) >= 11 is 3.35. The molecule has 98 valence electrons. The van der Waals surface area contributed by atoms with E-state index in [2.05, 4.69) is 20.9 Å². The second kappa shape index (κ2) is 5.19. The largest absolute Gasteiger partial charge is 0.362 e. The van der Waals surface area contributed by atoms with Gasteiger partial charge in [0, 0.05) is 24.8 Å². The van der Waals surface area contributed by atoms with E-state index in [0.717, 1.165) is 19.4 Å². The van der Waals surface area contributed by atoms with Crippen LogP contribution in [0.2, 0.25) is 0 Å². The molecule has 0 radical (unpaired) electrons. The first-order valence-electron chi connectivity index (χ1n) is 5.80. The van der Waals surface area contributed by atoms with Crippen molar-refractivity contribution < 1.29 is 4.92 Å². The van der Waals surface area contributed by atoms with Gasteiger partial charge in [-0.25, -0.2) is 0 Å². The van der Waals surface area contributed by atoms with Gasteiger partial charge in [-0.15, -0.1) is 0 Å². The predicted octanol–water partition coefficient (Wildman–Crippen LogP) is 2.07. The van der Waals surface area contributed by atoms with Gasteiger partial charge in [0.25, 0.3) is 0 Å². The average molecular weight is 315 g/mol. The molecule has 6 nitrogen and oxygen atoms in total. The van der Waals surface area contributed by atoms with Gasteiger partial charge >= 0.3 is 5.69 Å². The van der Waals surface area contributed by atoms with Crippen molar-refractivity contribution in [1.82, 2.24) is 4.98 Å². The predicted molar refractivity (Wildman–Crippen MR) is 72.6 cm³/mol. The minimum Gasteiger partial charge on any atom is -0.362 e. The van der Waals surface area contributed by atoms with Gasteiger partial charge in [0.05, 0.1) is 9.40 Å². The van der Waals surface area contributed by atoms with Crippen LogP contribution in [0, 0.1) is 10.1 Å². The molecule has 2 N–H and O–H groups in total. The summed E-state index contributed by atoms with van der Waals surface area (Å²) in [4.78, 5) is 16.6. The Morgan fingerprint density at radius 2 is 2.33 bits per heavy atom. The van der Waals surface area contributed by atoms with Crippen LogP contribution in [0.1, 0.15) is 19.8 Å². The van der Waals surface area contributed by atoms with Gasteiger partial charge in [0.1, 0.15) is 11.9 Å². The molecule has 0 aromatic carbocycles. The molecule has 1 saturated heterocycles. The van der Waals surface area contributed by atoms with Gasteiger partial charge in [-0.1, -0.05) is 0 Å². The highest BCUT2D eigenvalue weighted by Gasteiger charge is 2.30. The van der Waals surface area contributed by atoms with Gasteiger partial charge in [-0.05, 0) is 35.7 Å². The Morgan fingerprint density at radius 3 is 2.94 bits per heavy atom. The lowest BCUT2D eigenvalue weighted by molar-refractivity contribution is -0.384. The van der Waals surface area contributed by atoms with Gasteiger partial charge in [-0.2, -0.15) is 0 Å². The molecular formula is C11H15BrN4O2. The first-order valence-corrected chi connectivity index (χ1v) is 6.60. The molecule has 0 bridgehead atoms. The van der Waals surface area contributed by atoms with Crippen LogP contribution in [0.4, 0.5) is 11.4 Å². The molecule has 1 aliphatic rings. The molecule has 0 aliphatic carbocycles. The van der Waals surface area contributed by atoms with E-state index in [1.807, 2.05) is 11.8 Å². The average Bonchev–Trinajstić information content (AvgIpc) is 2.29. The van der Waals surface area contributed by atoms with Crippen LogP contribution < -0.4 is 10.6 Å². The van der Waals surface area contributed by atoms with Crippen molar-refractivity contribution in [2.24, 2.45) is 5.73 Å². The maximum absolute atomic E-state index is 11.1. The van der Waals surface area contributed by atoms with Gasteiger partial charge in [-0.3, -0.25) is 15.1 Å². The van der Waals surface area contributed by atoms with Crippen LogP contribution in [-0.4, -0.2) is 28.5 Å². The smallest absolute Gasteiger partial charge is 0.311 e. The lowest BCUT2D eigenvalue weighted by atomic mass is 9.98. The van der Waals surface area contributed by atoms with Crippen LogP contribution in [-0.2, 0) is 0 Å². The van der Waals surface area contributed by atoms with E-state index < -0.39 is 4.92 Å². The highest BCUT2D eigenvalue weighted by Crippen LogP contribution is 2.37. The number of pyridine rings is 1. The fourth-order valence-electron chi connectivity index (χ4n) is 2.38.